The van der Waals surface area contributed by atoms with Crippen LogP contribution in [0.25, 0.3) is 11.1 Å². The smallest absolute Gasteiger partial charge is 0.204 e. The average molecular weight is 334 g/mol. The van der Waals surface area contributed by atoms with Crippen molar-refractivity contribution in [2.75, 3.05) is 0 Å². The second-order valence-electron chi connectivity index (χ2n) is 4.25. The highest BCUT2D eigenvalue weighted by atomic mass is 32.5. The Morgan fingerprint density at radius 3 is 1.43 bits per heavy atom. The minimum atomic E-state index is -9.80. The zero-order chi connectivity index (χ0) is 16.1. The molecule has 0 bridgehead atoms. The molecule has 2 rings (SSSR count). The third kappa shape index (κ3) is 3.29. The molecule has 0 unspecified atom stereocenters. The summed E-state index contributed by atoms with van der Waals surface area (Å²) in [7, 11) is -9.80. The molecule has 0 aliphatic rings. The molecule has 0 heterocycles. The first-order valence-corrected chi connectivity index (χ1v) is 7.22. The van der Waals surface area contributed by atoms with E-state index in [9.17, 15) is 32.6 Å². The molecule has 0 atom stereocenters. The normalized spacial score (nSPS) is 15.4. The van der Waals surface area contributed by atoms with Crippen molar-refractivity contribution >= 4 is 10.2 Å². The molecular weight excluding hydrogens is 328 g/mol. The Balaban J connectivity index is 2.51. The van der Waals surface area contributed by atoms with Gasteiger partial charge in [0, 0.05) is 0 Å². The predicted molar refractivity (Wildman–Crippen MR) is 63.1 cm³/mol. The first-order chi connectivity index (χ1) is 9.27. The number of halogens is 8. The van der Waals surface area contributed by atoms with E-state index in [1.807, 2.05) is 0 Å². The molecule has 0 aromatic heterocycles. The van der Waals surface area contributed by atoms with Crippen LogP contribution in [0.3, 0.4) is 0 Å². The largest absolute Gasteiger partial charge is 0.310 e. The van der Waals surface area contributed by atoms with Gasteiger partial charge in [-0.2, -0.15) is 0 Å². The van der Waals surface area contributed by atoms with Crippen LogP contribution < -0.4 is 0 Å². The van der Waals surface area contributed by atoms with E-state index < -0.39 is 32.6 Å². The minimum absolute atomic E-state index is 0.107. The van der Waals surface area contributed by atoms with Crippen LogP contribution in [-0.4, -0.2) is 0 Å². The number of hydrogen-bond acceptors (Lipinski definition) is 0. The molecule has 0 N–H and O–H groups in total. The van der Waals surface area contributed by atoms with Gasteiger partial charge < -0.3 is 0 Å². The number of benzene rings is 2. The Labute approximate surface area is 113 Å². The average Bonchev–Trinajstić information content (AvgIpc) is 2.33. The molecule has 0 saturated carbocycles. The fourth-order valence-corrected chi connectivity index (χ4v) is 2.28. The second kappa shape index (κ2) is 3.90. The van der Waals surface area contributed by atoms with Gasteiger partial charge in [-0.15, -0.1) is 0 Å². The van der Waals surface area contributed by atoms with Crippen LogP contribution in [0.4, 0.5) is 32.6 Å². The van der Waals surface area contributed by atoms with Crippen molar-refractivity contribution in [3.63, 3.8) is 0 Å². The fraction of sp³-hybridized carbons (Fsp3) is 0. The van der Waals surface area contributed by atoms with Gasteiger partial charge in [0.15, 0.2) is 17.5 Å². The van der Waals surface area contributed by atoms with Gasteiger partial charge in [-0.1, -0.05) is 31.6 Å². The molecule has 21 heavy (non-hydrogen) atoms. The highest BCUT2D eigenvalue weighted by Gasteiger charge is 2.65. The summed E-state index contributed by atoms with van der Waals surface area (Å²) >= 11 is 0. The van der Waals surface area contributed by atoms with Crippen LogP contribution in [0.1, 0.15) is 0 Å². The van der Waals surface area contributed by atoms with Crippen LogP contribution in [-0.2, 0) is 0 Å². The summed E-state index contributed by atoms with van der Waals surface area (Å²) in [4.78, 5) is -2.12. The van der Waals surface area contributed by atoms with Gasteiger partial charge in [0.2, 0.25) is 0 Å². The van der Waals surface area contributed by atoms with Crippen LogP contribution in [0.15, 0.2) is 41.3 Å². The highest BCUT2D eigenvalue weighted by molar-refractivity contribution is 8.45. The molecule has 116 valence electrons. The first-order valence-electron chi connectivity index (χ1n) is 5.27. The number of rotatable bonds is 2. The highest BCUT2D eigenvalue weighted by Crippen LogP contribution is 3.02. The van der Waals surface area contributed by atoms with Gasteiger partial charge >= 0.3 is 10.2 Å². The van der Waals surface area contributed by atoms with E-state index in [4.69, 9.17) is 0 Å². The van der Waals surface area contributed by atoms with Crippen molar-refractivity contribution < 1.29 is 32.6 Å². The summed E-state index contributed by atoms with van der Waals surface area (Å²) in [6, 6.07) is 2.56. The quantitative estimate of drug-likeness (QED) is 0.439. The van der Waals surface area contributed by atoms with Gasteiger partial charge in [0.25, 0.3) is 0 Å². The van der Waals surface area contributed by atoms with Crippen molar-refractivity contribution in [2.45, 2.75) is 4.90 Å². The van der Waals surface area contributed by atoms with Crippen LogP contribution in [0, 0.1) is 17.5 Å². The Hall–Kier alpha value is -1.77. The Morgan fingerprint density at radius 1 is 0.619 bits per heavy atom. The summed E-state index contributed by atoms with van der Waals surface area (Å²) < 4.78 is 101. The third-order valence-electron chi connectivity index (χ3n) is 2.62. The monoisotopic (exact) mass is 334 g/mol. The van der Waals surface area contributed by atoms with Gasteiger partial charge in [-0.05, 0) is 35.4 Å². The Morgan fingerprint density at radius 2 is 1.05 bits per heavy atom. The van der Waals surface area contributed by atoms with Gasteiger partial charge in [-0.25, -0.2) is 13.2 Å². The SMILES string of the molecule is Fc1cc(-c2ccc(S(F)(F)(F)(F)F)cc2)cc(F)c1F. The standard InChI is InChI=1S/C12H6F8S/c13-10-5-8(6-11(14)12(10)15)7-1-3-9(4-2-7)21(16,17,18,19)20/h1-6H. The summed E-state index contributed by atoms with van der Waals surface area (Å²) in [5, 5.41) is 0. The summed E-state index contributed by atoms with van der Waals surface area (Å²) in [5.74, 6) is -4.81. The minimum Gasteiger partial charge on any atom is -0.204 e. The van der Waals surface area contributed by atoms with Crippen LogP contribution >= 0.6 is 10.2 Å². The lowest BCUT2D eigenvalue weighted by atomic mass is 10.1. The summed E-state index contributed by atoms with van der Waals surface area (Å²) in [5.41, 5.74) is -0.446. The van der Waals surface area contributed by atoms with Gasteiger partial charge in [-0.3, -0.25) is 0 Å². The maximum Gasteiger partial charge on any atom is 0.310 e. The van der Waals surface area contributed by atoms with E-state index in [2.05, 4.69) is 0 Å². The first kappa shape index (κ1) is 15.6. The maximum atomic E-state index is 13.0. The molecule has 2 aromatic rings. The molecule has 0 radical (unpaired) electrons. The van der Waals surface area contributed by atoms with Crippen LogP contribution in [0.2, 0.25) is 0 Å². The lowest BCUT2D eigenvalue weighted by Crippen LogP contribution is -2.05. The summed E-state index contributed by atoms with van der Waals surface area (Å²) in [6.45, 7) is 0. The van der Waals surface area contributed by atoms with Crippen molar-refractivity contribution in [3.8, 4) is 11.1 Å². The topological polar surface area (TPSA) is 0 Å². The number of hydrogen-bond donors (Lipinski definition) is 0. The molecular formula is C12H6F8S. The third-order valence-corrected chi connectivity index (χ3v) is 3.78. The van der Waals surface area contributed by atoms with Crippen molar-refractivity contribution in [3.05, 3.63) is 53.8 Å². The second-order valence-corrected chi connectivity index (χ2v) is 6.66. The van der Waals surface area contributed by atoms with Gasteiger partial charge in [0.05, 0.1) is 0 Å². The zero-order valence-corrected chi connectivity index (χ0v) is 10.7. The Bertz CT molecular complexity index is 680. The van der Waals surface area contributed by atoms with E-state index in [1.165, 1.54) is 0 Å². The molecule has 0 amide bonds. The molecule has 0 spiro atoms. The van der Waals surface area contributed by atoms with Crippen molar-refractivity contribution in [1.82, 2.24) is 0 Å². The molecule has 0 fully saturated rings. The zero-order valence-electron chi connectivity index (χ0n) is 9.90. The Kier molecular flexibility index (Phi) is 2.90. The lowest BCUT2D eigenvalue weighted by molar-refractivity contribution is 0.364. The van der Waals surface area contributed by atoms with E-state index >= 15 is 0 Å². The molecule has 9 heteroatoms. The van der Waals surface area contributed by atoms with Crippen molar-refractivity contribution in [2.24, 2.45) is 0 Å². The predicted octanol–water partition coefficient (Wildman–Crippen LogP) is 6.43. The van der Waals surface area contributed by atoms with Crippen LogP contribution in [0.5, 0.6) is 0 Å². The summed E-state index contributed by atoms with van der Waals surface area (Å²) in [6.07, 6.45) is 0. The molecule has 0 saturated heterocycles. The van der Waals surface area contributed by atoms with E-state index in [1.54, 1.807) is 0 Å². The fourth-order valence-electron chi connectivity index (χ4n) is 1.63. The molecule has 0 aliphatic heterocycles. The lowest BCUT2D eigenvalue weighted by Gasteiger charge is -2.40. The van der Waals surface area contributed by atoms with E-state index in [0.29, 0.717) is 24.3 Å². The van der Waals surface area contributed by atoms with E-state index in [-0.39, 0.29) is 23.3 Å². The molecule has 0 nitrogen and oxygen atoms in total. The molecule has 0 aliphatic carbocycles. The maximum absolute atomic E-state index is 13.0. The molecule has 2 aromatic carbocycles. The van der Waals surface area contributed by atoms with Crippen molar-refractivity contribution in [1.29, 1.82) is 0 Å². The van der Waals surface area contributed by atoms with Gasteiger partial charge in [0.1, 0.15) is 4.90 Å². The van der Waals surface area contributed by atoms with E-state index in [0.717, 1.165) is 0 Å².